The van der Waals surface area contributed by atoms with Gasteiger partial charge in [0.2, 0.25) is 0 Å². The quantitative estimate of drug-likeness (QED) is 0.108. The van der Waals surface area contributed by atoms with Crippen LogP contribution >= 0.6 is 19.5 Å². The summed E-state index contributed by atoms with van der Waals surface area (Å²) in [7, 11) is 2.06. The number of methoxy groups -OCH3 is 2. The molecular formula is C90H111B5ClO16PPd. The Labute approximate surface area is 697 Å². The number of carbonyl (C=O) groups is 2. The molecule has 18 rings (SSSR count). The van der Waals surface area contributed by atoms with Gasteiger partial charge in [-0.2, -0.15) is 0 Å². The number of halogens is 1. The van der Waals surface area contributed by atoms with Crippen LogP contribution in [0.3, 0.4) is 0 Å². The van der Waals surface area contributed by atoms with Crippen molar-refractivity contribution in [2.45, 2.75) is 245 Å². The average molecular weight is 1680 g/mol. The van der Waals surface area contributed by atoms with Crippen molar-refractivity contribution in [3.05, 3.63) is 174 Å². The van der Waals surface area contributed by atoms with Crippen molar-refractivity contribution in [2.24, 2.45) is 0 Å². The topological polar surface area (TPSA) is 185 Å². The van der Waals surface area contributed by atoms with Crippen molar-refractivity contribution >= 4 is 110 Å². The van der Waals surface area contributed by atoms with Crippen molar-refractivity contribution in [3.63, 3.8) is 0 Å². The molecule has 6 fully saturated rings. The van der Waals surface area contributed by atoms with Gasteiger partial charge < -0.3 is 66.6 Å². The number of aliphatic carboxylic acids is 2. The summed E-state index contributed by atoms with van der Waals surface area (Å²) in [6.07, 6.45) is 20.3. The Morgan fingerprint density at radius 1 is 0.421 bits per heavy atom. The normalized spacial score (nSPS) is 19.3. The number of ether oxygens (including phenoxy) is 6. The number of aryl methyl sites for hydroxylation is 1. The van der Waals surface area contributed by atoms with E-state index in [1.165, 1.54) is 107 Å². The molecule has 0 aromatic heterocycles. The third-order valence-corrected chi connectivity index (χ3v) is 28.2. The number of rotatable bonds is 8. The van der Waals surface area contributed by atoms with E-state index >= 15 is 0 Å². The molecule has 24 heteroatoms. The van der Waals surface area contributed by atoms with Crippen LogP contribution in [0.2, 0.25) is 5.02 Å². The summed E-state index contributed by atoms with van der Waals surface area (Å²) in [4.78, 5) is 18.0. The van der Waals surface area contributed by atoms with Gasteiger partial charge in [0.25, 0.3) is 25.4 Å². The number of para-hydroxylation sites is 4. The van der Waals surface area contributed by atoms with Crippen molar-refractivity contribution < 1.29 is 96.6 Å². The van der Waals surface area contributed by atoms with Crippen LogP contribution in [-0.2, 0) is 62.7 Å². The van der Waals surface area contributed by atoms with Crippen LogP contribution in [0.4, 0.5) is 0 Å². The summed E-state index contributed by atoms with van der Waals surface area (Å²) >= 11 is 6.36. The number of hydrogen-bond acceptors (Lipinski definition) is 14. The van der Waals surface area contributed by atoms with Crippen LogP contribution in [0.25, 0.3) is 11.1 Å². The second-order valence-corrected chi connectivity index (χ2v) is 37.0. The van der Waals surface area contributed by atoms with Crippen molar-refractivity contribution in [1.82, 2.24) is 0 Å². The van der Waals surface area contributed by atoms with Crippen LogP contribution in [-0.4, -0.2) is 122 Å². The van der Waals surface area contributed by atoms with E-state index in [1.54, 1.807) is 12.4 Å². The Hall–Kier alpha value is -6.87. The zero-order chi connectivity index (χ0) is 81.0. The number of carboxylic acids is 2. The minimum atomic E-state index is -0.833. The largest absolute Gasteiger partial charge is 0.498 e. The second-order valence-electron chi connectivity index (χ2n) is 33.8. The van der Waals surface area contributed by atoms with Crippen LogP contribution in [0.5, 0.6) is 51.7 Å². The molecule has 3 aliphatic carbocycles. The smallest absolute Gasteiger partial charge is 0.496 e. The Morgan fingerprint density at radius 3 is 1.22 bits per heavy atom. The van der Waals surface area contributed by atoms with Crippen molar-refractivity contribution in [2.75, 3.05) is 14.2 Å². The molecule has 114 heavy (non-hydrogen) atoms. The van der Waals surface area contributed by atoms with E-state index in [1.807, 2.05) is 147 Å². The van der Waals surface area contributed by atoms with Gasteiger partial charge in [-0.1, -0.05) is 186 Å². The van der Waals surface area contributed by atoms with Crippen LogP contribution in [0.15, 0.2) is 164 Å². The molecule has 0 amide bonds. The first-order valence-corrected chi connectivity index (χ1v) is 42.2. The molecule has 3 saturated heterocycles. The SMILES string of the molecule is CC(=O)O.CC(=O)O.CC1(C)OB(B2OC(C)(C)C(C)(C)O2)OC1(C)C.CC1(C)OB(c2cccc3c2Oc2cccc4c2B3c2ccccc2O4)OC1(C)C.COC1CCCC1.COc1cccc(C)c1-c1ccccc1P(C1CCCCC1)C1CCCCC1.Clc1cccc2c1Oc1cccc3c1B2c1ccccc1O3.[Pd]. The average Bonchev–Trinajstić information content (AvgIpc) is 1.05. The van der Waals surface area contributed by atoms with Gasteiger partial charge in [-0.25, -0.2) is 0 Å². The van der Waals surface area contributed by atoms with Gasteiger partial charge >= 0.3 is 21.1 Å². The summed E-state index contributed by atoms with van der Waals surface area (Å²) in [6.45, 7) is 29.0. The maximum Gasteiger partial charge on any atom is 0.498 e. The summed E-state index contributed by atoms with van der Waals surface area (Å²) in [5.41, 5.74) is 11.2. The Morgan fingerprint density at radius 2 is 0.772 bits per heavy atom. The van der Waals surface area contributed by atoms with Crippen LogP contribution < -0.4 is 67.2 Å². The molecule has 0 bridgehead atoms. The van der Waals surface area contributed by atoms with E-state index in [0.29, 0.717) is 11.1 Å². The first kappa shape index (κ1) is 88.0. The maximum absolute atomic E-state index is 9.00. The molecule has 3 saturated carbocycles. The van der Waals surface area contributed by atoms with Gasteiger partial charge in [0.1, 0.15) is 51.7 Å². The third kappa shape index (κ3) is 19.1. The van der Waals surface area contributed by atoms with E-state index in [-0.39, 0.29) is 64.2 Å². The Bertz CT molecular complexity index is 4560. The van der Waals surface area contributed by atoms with Gasteiger partial charge in [0, 0.05) is 63.3 Å². The van der Waals surface area contributed by atoms with Crippen LogP contribution in [0, 0.1) is 6.92 Å². The van der Waals surface area contributed by atoms with E-state index in [0.717, 1.165) is 115 Å². The molecule has 0 radical (unpaired) electrons. The number of carboxylic acid groups (broad SMARTS) is 2. The zero-order valence-corrected chi connectivity index (χ0v) is 72.6. The van der Waals surface area contributed by atoms with E-state index in [9.17, 15) is 0 Å². The van der Waals surface area contributed by atoms with Gasteiger partial charge in [0.05, 0.1) is 51.8 Å². The third-order valence-electron chi connectivity index (χ3n) is 24.4. The molecule has 16 nitrogen and oxygen atoms in total. The van der Waals surface area contributed by atoms with Gasteiger partial charge in [-0.05, 0) is 227 Å². The number of benzene rings is 8. The van der Waals surface area contributed by atoms with Gasteiger partial charge in [0.15, 0.2) is 0 Å². The molecule has 2 N–H and O–H groups in total. The fourth-order valence-corrected chi connectivity index (χ4v) is 20.7. The second kappa shape index (κ2) is 37.0. The predicted octanol–water partition coefficient (Wildman–Crippen LogP) is 17.2. The van der Waals surface area contributed by atoms with Gasteiger partial charge in [-0.3, -0.25) is 9.59 Å². The Balaban J connectivity index is 0.000000142. The minimum absolute atomic E-state index is 0. The van der Waals surface area contributed by atoms with Gasteiger partial charge in [-0.15, -0.1) is 0 Å². The number of fused-ring (bicyclic) bond motifs is 8. The Kier molecular flexibility index (Phi) is 28.5. The first-order chi connectivity index (χ1) is 53.8. The molecule has 8 aromatic rings. The summed E-state index contributed by atoms with van der Waals surface area (Å²) in [6, 6.07) is 56.2. The first-order valence-electron chi connectivity index (χ1n) is 40.3. The molecular weight excluding hydrogens is 1560 g/mol. The van der Waals surface area contributed by atoms with Crippen LogP contribution in [0.1, 0.15) is 192 Å². The molecule has 7 aliphatic heterocycles. The standard InChI is InChI=1S/C26H35OP.C24H22B2O4.C18H10BClO2.C12H24B2O4.C6H12O.2C2H4O2.Pd/c1-20-12-11-18-24(27-2)26(20)23-17-9-10-19-25(23)28(21-13-5-3-6-14-21)22-15-7-4-8-16-22;1-23(2)24(3,4)30-26(29-23)17-11-7-10-16-22(17)28-20-14-8-13-19-21(20)25(16)15-9-5-6-12-18(15)27-19;20-13-7-3-6-12-18(13)22-16-10-4-9-15-17(16)19(12)11-5-1-2-8-14(11)21-15;1-9(2)10(3,4)16-13(15-9)14-17-11(5,6)12(7,8)18-14;1-7-6-4-2-3-5-6;2*1-2(3)4;/h9-12,17-19,21-22H,3-8,13-16H2,1-2H3;5-14H,1-4H3;1-10H;1-8H3;6H,2-5H2,1H3;2*1H3,(H,3,4);. The maximum atomic E-state index is 9.00. The molecule has 0 atom stereocenters. The molecule has 7 heterocycles. The summed E-state index contributed by atoms with van der Waals surface area (Å²) in [5, 5.41) is 17.1. The van der Waals surface area contributed by atoms with E-state index < -0.39 is 44.3 Å². The molecule has 8 aromatic carbocycles. The zero-order valence-electron chi connectivity index (χ0n) is 69.4. The predicted molar refractivity (Wildman–Crippen MR) is 461 cm³/mol. The summed E-state index contributed by atoms with van der Waals surface area (Å²) in [5.74, 6) is 6.05. The van der Waals surface area contributed by atoms with E-state index in [2.05, 4.69) is 113 Å². The molecule has 0 unspecified atom stereocenters. The fraction of sp³-hybridized carbons (Fsp3) is 0.444. The summed E-state index contributed by atoms with van der Waals surface area (Å²) < 4.78 is 72.3. The monoisotopic (exact) mass is 1670 g/mol. The van der Waals surface area contributed by atoms with Crippen molar-refractivity contribution in [3.8, 4) is 62.9 Å². The van der Waals surface area contributed by atoms with E-state index in [4.69, 9.17) is 87.8 Å². The minimum Gasteiger partial charge on any atom is -0.496 e. The fourth-order valence-electron chi connectivity index (χ4n) is 16.5. The number of hydrogen-bond donors (Lipinski definition) is 2. The molecule has 604 valence electrons. The molecule has 0 spiro atoms. The molecule has 10 aliphatic rings. The van der Waals surface area contributed by atoms with Crippen molar-refractivity contribution in [1.29, 1.82) is 0 Å².